The third-order valence-electron chi connectivity index (χ3n) is 2.27. The lowest BCUT2D eigenvalue weighted by atomic mass is 10.3. The Morgan fingerprint density at radius 1 is 0.727 bits per heavy atom. The van der Waals surface area contributed by atoms with Crippen molar-refractivity contribution in [1.29, 1.82) is 0 Å². The van der Waals surface area contributed by atoms with Gasteiger partial charge in [0, 0.05) is 0 Å². The summed E-state index contributed by atoms with van der Waals surface area (Å²) in [7, 11) is 0. The van der Waals surface area contributed by atoms with Crippen LogP contribution in [-0.4, -0.2) is 61.8 Å². The van der Waals surface area contributed by atoms with Gasteiger partial charge in [0.1, 0.15) is 37.9 Å². The van der Waals surface area contributed by atoms with Crippen molar-refractivity contribution in [3.8, 4) is 11.5 Å². The lowest BCUT2D eigenvalue weighted by Crippen LogP contribution is -2.13. The molecule has 0 unspecified atom stereocenters. The molecule has 0 heterocycles. The fourth-order valence-corrected chi connectivity index (χ4v) is 1.39. The van der Waals surface area contributed by atoms with E-state index in [1.54, 1.807) is 24.3 Å². The summed E-state index contributed by atoms with van der Waals surface area (Å²) in [5, 5.41) is 16.7. The first-order valence-electron chi connectivity index (χ1n) is 6.52. The van der Waals surface area contributed by atoms with Crippen LogP contribution in [0.15, 0.2) is 24.3 Å². The molecule has 0 fully saturated rings. The Morgan fingerprint density at radius 2 is 1.09 bits per heavy atom. The third kappa shape index (κ3) is 8.77. The van der Waals surface area contributed by atoms with Crippen LogP contribution in [0.25, 0.3) is 0 Å². The van der Waals surface area contributed by atoms with Crippen LogP contribution < -0.4 is 9.47 Å². The maximum absolute atomic E-state index is 10.2. The lowest BCUT2D eigenvalue weighted by molar-refractivity contribution is -0.143. The number of hydrogen-bond acceptors (Lipinski definition) is 6. The zero-order valence-corrected chi connectivity index (χ0v) is 11.9. The van der Waals surface area contributed by atoms with E-state index in [0.717, 1.165) is 0 Å². The molecule has 0 bridgehead atoms. The summed E-state index contributed by atoms with van der Waals surface area (Å²) in [6.07, 6.45) is 0. The van der Waals surface area contributed by atoms with Crippen molar-refractivity contribution < 1.29 is 38.7 Å². The molecule has 0 aliphatic carbocycles. The normalized spacial score (nSPS) is 10.2. The number of benzene rings is 1. The van der Waals surface area contributed by atoms with E-state index in [1.807, 2.05) is 0 Å². The molecule has 0 aromatic heterocycles. The van der Waals surface area contributed by atoms with E-state index >= 15 is 0 Å². The number of rotatable bonds is 12. The van der Waals surface area contributed by atoms with Gasteiger partial charge in [-0.05, 0) is 24.3 Å². The van der Waals surface area contributed by atoms with Crippen LogP contribution in [0, 0.1) is 0 Å². The predicted octanol–water partition coefficient (Wildman–Crippen LogP) is 0.647. The average Bonchev–Trinajstić information content (AvgIpc) is 2.47. The zero-order chi connectivity index (χ0) is 16.2. The first-order chi connectivity index (χ1) is 10.6. The van der Waals surface area contributed by atoms with Crippen LogP contribution in [0.3, 0.4) is 0 Å². The highest BCUT2D eigenvalue weighted by molar-refractivity contribution is 5.68. The van der Waals surface area contributed by atoms with Crippen LogP contribution in [-0.2, 0) is 19.1 Å². The van der Waals surface area contributed by atoms with Gasteiger partial charge in [-0.2, -0.15) is 0 Å². The van der Waals surface area contributed by atoms with Gasteiger partial charge in [0.15, 0.2) is 0 Å². The molecule has 0 amide bonds. The van der Waals surface area contributed by atoms with E-state index in [9.17, 15) is 9.59 Å². The number of ether oxygens (including phenoxy) is 4. The minimum absolute atomic E-state index is 0.186. The Morgan fingerprint density at radius 3 is 1.41 bits per heavy atom. The van der Waals surface area contributed by atoms with Crippen molar-refractivity contribution in [2.24, 2.45) is 0 Å². The number of carbonyl (C=O) groups is 2. The SMILES string of the molecule is O=C(O)COCCOc1ccc(OCCOCC(=O)O)cc1. The van der Waals surface area contributed by atoms with Gasteiger partial charge in [-0.1, -0.05) is 0 Å². The number of aliphatic carboxylic acids is 2. The second-order valence-corrected chi connectivity index (χ2v) is 4.06. The molecule has 0 saturated carbocycles. The molecule has 0 atom stereocenters. The molecule has 22 heavy (non-hydrogen) atoms. The van der Waals surface area contributed by atoms with Gasteiger partial charge in [0.2, 0.25) is 0 Å². The second-order valence-electron chi connectivity index (χ2n) is 4.06. The third-order valence-corrected chi connectivity index (χ3v) is 2.27. The highest BCUT2D eigenvalue weighted by atomic mass is 16.5. The van der Waals surface area contributed by atoms with Crippen molar-refractivity contribution >= 4 is 11.9 Å². The molecule has 0 saturated heterocycles. The summed E-state index contributed by atoms with van der Waals surface area (Å²) in [6.45, 7) is 0.171. The van der Waals surface area contributed by atoms with Gasteiger partial charge in [-0.3, -0.25) is 0 Å². The van der Waals surface area contributed by atoms with E-state index < -0.39 is 11.9 Å². The van der Waals surface area contributed by atoms with Gasteiger partial charge in [0.05, 0.1) is 13.2 Å². The summed E-state index contributed by atoms with van der Waals surface area (Å²) in [4.78, 5) is 20.4. The molecule has 0 spiro atoms. The lowest BCUT2D eigenvalue weighted by Gasteiger charge is -2.08. The predicted molar refractivity (Wildman–Crippen MR) is 74.3 cm³/mol. The Labute approximate surface area is 127 Å². The summed E-state index contributed by atoms with van der Waals surface area (Å²) < 4.78 is 20.4. The second kappa shape index (κ2) is 10.4. The minimum atomic E-state index is -1.02. The van der Waals surface area contributed by atoms with Crippen molar-refractivity contribution in [3.63, 3.8) is 0 Å². The molecule has 2 N–H and O–H groups in total. The molecule has 0 aliphatic heterocycles. The fourth-order valence-electron chi connectivity index (χ4n) is 1.39. The van der Waals surface area contributed by atoms with Crippen molar-refractivity contribution in [2.75, 3.05) is 39.6 Å². The first kappa shape index (κ1) is 17.7. The van der Waals surface area contributed by atoms with Crippen LogP contribution in [0.2, 0.25) is 0 Å². The molecular formula is C14H18O8. The largest absolute Gasteiger partial charge is 0.491 e. The van der Waals surface area contributed by atoms with Crippen molar-refractivity contribution in [2.45, 2.75) is 0 Å². The highest BCUT2D eigenvalue weighted by Crippen LogP contribution is 2.17. The average molecular weight is 314 g/mol. The topological polar surface area (TPSA) is 112 Å². The van der Waals surface area contributed by atoms with Crippen LogP contribution in [0.4, 0.5) is 0 Å². The van der Waals surface area contributed by atoms with Gasteiger partial charge in [0.25, 0.3) is 0 Å². The number of hydrogen-bond donors (Lipinski definition) is 2. The minimum Gasteiger partial charge on any atom is -0.491 e. The highest BCUT2D eigenvalue weighted by Gasteiger charge is 2.00. The Bertz CT molecular complexity index is 413. The summed E-state index contributed by atoms with van der Waals surface area (Å²) in [5.74, 6) is -0.829. The molecule has 1 aromatic rings. The maximum Gasteiger partial charge on any atom is 0.329 e. The van der Waals surface area contributed by atoms with Crippen LogP contribution >= 0.6 is 0 Å². The van der Waals surface area contributed by atoms with E-state index in [2.05, 4.69) is 0 Å². The number of carboxylic acid groups (broad SMARTS) is 2. The fraction of sp³-hybridized carbons (Fsp3) is 0.429. The summed E-state index contributed by atoms with van der Waals surface area (Å²) in [6, 6.07) is 6.80. The quantitative estimate of drug-likeness (QED) is 0.541. The Kier molecular flexibility index (Phi) is 8.39. The Balaban J connectivity index is 2.14. The Hall–Kier alpha value is -2.32. The van der Waals surface area contributed by atoms with Gasteiger partial charge >= 0.3 is 11.9 Å². The van der Waals surface area contributed by atoms with E-state index in [4.69, 9.17) is 29.2 Å². The van der Waals surface area contributed by atoms with E-state index in [0.29, 0.717) is 11.5 Å². The smallest absolute Gasteiger partial charge is 0.329 e. The first-order valence-corrected chi connectivity index (χ1v) is 6.52. The van der Waals surface area contributed by atoms with E-state index in [1.165, 1.54) is 0 Å². The van der Waals surface area contributed by atoms with Crippen molar-refractivity contribution in [3.05, 3.63) is 24.3 Å². The van der Waals surface area contributed by atoms with Crippen molar-refractivity contribution in [1.82, 2.24) is 0 Å². The van der Waals surface area contributed by atoms with E-state index in [-0.39, 0.29) is 39.6 Å². The standard InChI is InChI=1S/C14H18O8/c15-13(16)9-19-5-7-21-11-1-2-12(4-3-11)22-8-6-20-10-14(17)18/h1-4H,5-10H2,(H,15,16)(H,17,18). The number of carboxylic acids is 2. The van der Waals surface area contributed by atoms with Crippen LogP contribution in [0.5, 0.6) is 11.5 Å². The molecule has 8 nitrogen and oxygen atoms in total. The monoisotopic (exact) mass is 314 g/mol. The van der Waals surface area contributed by atoms with Gasteiger partial charge < -0.3 is 29.2 Å². The maximum atomic E-state index is 10.2. The molecule has 0 aliphatic rings. The summed E-state index contributed by atoms with van der Waals surface area (Å²) in [5.41, 5.74) is 0. The zero-order valence-electron chi connectivity index (χ0n) is 11.9. The summed E-state index contributed by atoms with van der Waals surface area (Å²) >= 11 is 0. The van der Waals surface area contributed by atoms with Crippen LogP contribution in [0.1, 0.15) is 0 Å². The van der Waals surface area contributed by atoms with Gasteiger partial charge in [-0.25, -0.2) is 9.59 Å². The molecule has 8 heteroatoms. The molecule has 0 radical (unpaired) electrons. The molecular weight excluding hydrogens is 296 g/mol. The molecule has 122 valence electrons. The molecule has 1 aromatic carbocycles. The van der Waals surface area contributed by atoms with Gasteiger partial charge in [-0.15, -0.1) is 0 Å². The molecule has 1 rings (SSSR count).